The van der Waals surface area contributed by atoms with Crippen LogP contribution in [-0.2, 0) is 0 Å². The third-order valence-corrected chi connectivity index (χ3v) is 6.44. The summed E-state index contributed by atoms with van der Waals surface area (Å²) in [6.45, 7) is 2.57. The molecule has 0 saturated carbocycles. The fourth-order valence-corrected chi connectivity index (χ4v) is 4.43. The lowest BCUT2D eigenvalue weighted by Gasteiger charge is -2.36. The summed E-state index contributed by atoms with van der Waals surface area (Å²) >= 11 is 0. The average molecular weight is 536 g/mol. The molecule has 0 aliphatic carbocycles. The van der Waals surface area contributed by atoms with Crippen LogP contribution in [-0.4, -0.2) is 41.1 Å². The van der Waals surface area contributed by atoms with Crippen molar-refractivity contribution in [3.05, 3.63) is 101 Å². The molecular weight excluding hydrogens is 513 g/mol. The molecule has 1 aliphatic rings. The Morgan fingerprint density at radius 2 is 1.62 bits per heavy atom. The molecule has 0 radical (unpaired) electrons. The summed E-state index contributed by atoms with van der Waals surface area (Å²) in [5.41, 5.74) is 1.97. The Kier molecular flexibility index (Phi) is 6.64. The van der Waals surface area contributed by atoms with E-state index < -0.39 is 5.63 Å². The van der Waals surface area contributed by atoms with E-state index in [2.05, 4.69) is 31.2 Å². The first-order valence-electron chi connectivity index (χ1n) is 12.5. The summed E-state index contributed by atoms with van der Waals surface area (Å²) in [4.78, 5) is 30.0. The maximum absolute atomic E-state index is 13.4. The summed E-state index contributed by atoms with van der Waals surface area (Å²) < 4.78 is 24.7. The number of piperazine rings is 1. The molecule has 5 aromatic rings. The fraction of sp³-hybridized carbons (Fsp3) is 0.138. The highest BCUT2D eigenvalue weighted by atomic mass is 19.1. The van der Waals surface area contributed by atoms with E-state index in [0.717, 1.165) is 5.69 Å². The molecule has 0 unspecified atom stereocenters. The second-order valence-electron chi connectivity index (χ2n) is 9.03. The van der Waals surface area contributed by atoms with Crippen LogP contribution in [0.2, 0.25) is 0 Å². The van der Waals surface area contributed by atoms with Crippen LogP contribution in [0.5, 0.6) is 11.8 Å². The number of benzene rings is 3. The standard InChI is InChI=1S/C29H22FN7O3/c30-20-7-11-22(12-8-20)36-13-15-37(16-14-36)28-33-27(32-21-9-5-19(18-31)6-10-21)34-29(35-28)40-25-17-26(38)39-24-4-2-1-3-23(24)25/h1-12,17H,13-16H2,(H,32,33,34,35). The Balaban J connectivity index is 1.31. The van der Waals surface area contributed by atoms with E-state index in [1.54, 1.807) is 54.6 Å². The molecule has 1 saturated heterocycles. The highest BCUT2D eigenvalue weighted by Crippen LogP contribution is 2.29. The molecule has 1 N–H and O–H groups in total. The van der Waals surface area contributed by atoms with Gasteiger partial charge in [-0.1, -0.05) is 12.1 Å². The van der Waals surface area contributed by atoms with Gasteiger partial charge in [0.15, 0.2) is 0 Å². The van der Waals surface area contributed by atoms with Gasteiger partial charge < -0.3 is 24.3 Å². The number of aromatic nitrogens is 3. The van der Waals surface area contributed by atoms with Crippen LogP contribution in [0.4, 0.5) is 27.7 Å². The quantitative estimate of drug-likeness (QED) is 0.302. The van der Waals surface area contributed by atoms with Crippen molar-refractivity contribution in [2.75, 3.05) is 41.3 Å². The topological polar surface area (TPSA) is 120 Å². The zero-order valence-electron chi connectivity index (χ0n) is 21.1. The number of ether oxygens (including phenoxy) is 1. The molecule has 0 amide bonds. The molecule has 2 aromatic heterocycles. The van der Waals surface area contributed by atoms with Crippen molar-refractivity contribution in [2.24, 2.45) is 0 Å². The maximum atomic E-state index is 13.4. The minimum absolute atomic E-state index is 0.00198. The van der Waals surface area contributed by atoms with Crippen LogP contribution < -0.4 is 25.5 Å². The number of nitriles is 1. The smallest absolute Gasteiger partial charge is 0.339 e. The molecule has 3 heterocycles. The van der Waals surface area contributed by atoms with Gasteiger partial charge in [0, 0.05) is 37.6 Å². The largest absolute Gasteiger partial charge is 0.423 e. The lowest BCUT2D eigenvalue weighted by molar-refractivity contribution is 0.436. The number of fused-ring (bicyclic) bond motifs is 1. The fourth-order valence-electron chi connectivity index (χ4n) is 4.43. The first-order valence-corrected chi connectivity index (χ1v) is 12.5. The molecule has 6 rings (SSSR count). The van der Waals surface area contributed by atoms with Crippen molar-refractivity contribution in [3.8, 4) is 17.8 Å². The van der Waals surface area contributed by atoms with Gasteiger partial charge in [0.05, 0.1) is 23.1 Å². The molecule has 0 bridgehead atoms. The first kappa shape index (κ1) is 24.8. The zero-order chi connectivity index (χ0) is 27.5. The molecule has 0 atom stereocenters. The van der Waals surface area contributed by atoms with Crippen LogP contribution in [0.1, 0.15) is 5.56 Å². The van der Waals surface area contributed by atoms with Gasteiger partial charge in [0.1, 0.15) is 17.1 Å². The number of hydrogen-bond acceptors (Lipinski definition) is 10. The number of halogens is 1. The van der Waals surface area contributed by atoms with E-state index in [9.17, 15) is 9.18 Å². The highest BCUT2D eigenvalue weighted by molar-refractivity contribution is 5.83. The average Bonchev–Trinajstić information content (AvgIpc) is 2.98. The monoisotopic (exact) mass is 535 g/mol. The molecule has 1 fully saturated rings. The third-order valence-electron chi connectivity index (χ3n) is 6.44. The number of nitrogens with zero attached hydrogens (tertiary/aromatic N) is 6. The summed E-state index contributed by atoms with van der Waals surface area (Å²) in [6, 6.07) is 23.7. The second-order valence-corrected chi connectivity index (χ2v) is 9.03. The minimum atomic E-state index is -0.559. The summed E-state index contributed by atoms with van der Waals surface area (Å²) in [5.74, 6) is 0.617. The highest BCUT2D eigenvalue weighted by Gasteiger charge is 2.22. The molecule has 40 heavy (non-hydrogen) atoms. The van der Waals surface area contributed by atoms with Gasteiger partial charge in [0.2, 0.25) is 11.9 Å². The molecule has 198 valence electrons. The molecule has 0 spiro atoms. The normalized spacial score (nSPS) is 13.2. The molecular formula is C29H22FN7O3. The molecule has 10 nitrogen and oxygen atoms in total. The Bertz CT molecular complexity index is 1760. The second kappa shape index (κ2) is 10.7. The predicted octanol–water partition coefficient (Wildman–Crippen LogP) is 4.85. The number of hydrogen-bond donors (Lipinski definition) is 1. The third kappa shape index (κ3) is 5.37. The van der Waals surface area contributed by atoms with E-state index in [4.69, 9.17) is 14.4 Å². The predicted molar refractivity (Wildman–Crippen MR) is 148 cm³/mol. The van der Waals surface area contributed by atoms with E-state index in [1.165, 1.54) is 18.2 Å². The van der Waals surface area contributed by atoms with Crippen molar-refractivity contribution in [3.63, 3.8) is 0 Å². The van der Waals surface area contributed by atoms with Gasteiger partial charge in [-0.3, -0.25) is 0 Å². The molecule has 1 aliphatic heterocycles. The van der Waals surface area contributed by atoms with Crippen molar-refractivity contribution in [2.45, 2.75) is 0 Å². The van der Waals surface area contributed by atoms with E-state index in [1.807, 2.05) is 11.0 Å². The lowest BCUT2D eigenvalue weighted by atomic mass is 10.2. The number of para-hydroxylation sites is 1. The van der Waals surface area contributed by atoms with Crippen LogP contribution in [0.25, 0.3) is 11.0 Å². The maximum Gasteiger partial charge on any atom is 0.339 e. The van der Waals surface area contributed by atoms with Gasteiger partial charge in [-0.25, -0.2) is 9.18 Å². The summed E-state index contributed by atoms with van der Waals surface area (Å²) in [7, 11) is 0. The zero-order valence-corrected chi connectivity index (χ0v) is 21.1. The molecule has 11 heteroatoms. The summed E-state index contributed by atoms with van der Waals surface area (Å²) in [6.07, 6.45) is 0. The van der Waals surface area contributed by atoms with Gasteiger partial charge >= 0.3 is 11.6 Å². The SMILES string of the molecule is N#Cc1ccc(Nc2nc(Oc3cc(=O)oc4ccccc34)nc(N3CCN(c4ccc(F)cc4)CC3)n2)cc1. The van der Waals surface area contributed by atoms with Crippen molar-refractivity contribution < 1.29 is 13.5 Å². The van der Waals surface area contributed by atoms with Crippen LogP contribution in [0.3, 0.4) is 0 Å². The van der Waals surface area contributed by atoms with Gasteiger partial charge in [-0.05, 0) is 60.7 Å². The van der Waals surface area contributed by atoms with Gasteiger partial charge in [-0.2, -0.15) is 20.2 Å². The Hall–Kier alpha value is -5.50. The Labute approximate surface area is 227 Å². The van der Waals surface area contributed by atoms with Gasteiger partial charge in [0.25, 0.3) is 0 Å². The lowest BCUT2D eigenvalue weighted by Crippen LogP contribution is -2.47. The number of anilines is 4. The Morgan fingerprint density at radius 1 is 0.900 bits per heavy atom. The van der Waals surface area contributed by atoms with Crippen LogP contribution in [0.15, 0.2) is 88.1 Å². The van der Waals surface area contributed by atoms with E-state index in [-0.39, 0.29) is 23.5 Å². The van der Waals surface area contributed by atoms with Crippen molar-refractivity contribution in [1.82, 2.24) is 15.0 Å². The van der Waals surface area contributed by atoms with E-state index >= 15 is 0 Å². The number of nitrogens with one attached hydrogen (secondary N) is 1. The van der Waals surface area contributed by atoms with E-state index in [0.29, 0.717) is 54.3 Å². The summed E-state index contributed by atoms with van der Waals surface area (Å²) in [5, 5.41) is 12.8. The Morgan fingerprint density at radius 3 is 2.38 bits per heavy atom. The van der Waals surface area contributed by atoms with Crippen molar-refractivity contribution >= 4 is 34.2 Å². The van der Waals surface area contributed by atoms with Crippen LogP contribution >= 0.6 is 0 Å². The molecule has 3 aromatic carbocycles. The van der Waals surface area contributed by atoms with Gasteiger partial charge in [-0.15, -0.1) is 0 Å². The first-order chi connectivity index (χ1) is 19.5. The minimum Gasteiger partial charge on any atom is -0.423 e. The number of rotatable bonds is 6. The van der Waals surface area contributed by atoms with Crippen LogP contribution in [0, 0.1) is 17.1 Å². The van der Waals surface area contributed by atoms with Crippen molar-refractivity contribution in [1.29, 1.82) is 5.26 Å².